The molecule has 1 amide bonds. The zero-order chi connectivity index (χ0) is 27.2. The van der Waals surface area contributed by atoms with Crippen molar-refractivity contribution in [3.05, 3.63) is 93.3 Å². The van der Waals surface area contributed by atoms with Gasteiger partial charge in [0, 0.05) is 24.9 Å². The Morgan fingerprint density at radius 3 is 2.30 bits per heavy atom. The van der Waals surface area contributed by atoms with Crippen LogP contribution in [0.1, 0.15) is 78.0 Å². The van der Waals surface area contributed by atoms with Gasteiger partial charge >= 0.3 is 6.18 Å². The average molecular weight is 512 g/mol. The van der Waals surface area contributed by atoms with Crippen molar-refractivity contribution in [1.82, 2.24) is 4.90 Å². The molecule has 1 heterocycles. The molecule has 0 aromatic heterocycles. The molecule has 2 atom stereocenters. The maximum atomic E-state index is 14.6. The number of rotatable bonds is 5. The minimum absolute atomic E-state index is 0.0186. The van der Waals surface area contributed by atoms with E-state index in [1.54, 1.807) is 24.0 Å². The van der Waals surface area contributed by atoms with Crippen LogP contribution in [0.5, 0.6) is 0 Å². The first-order chi connectivity index (χ1) is 17.3. The second-order valence-corrected chi connectivity index (χ2v) is 10.7. The van der Waals surface area contributed by atoms with Crippen LogP contribution in [0, 0.1) is 26.6 Å². The molecule has 0 bridgehead atoms. The second-order valence-electron chi connectivity index (χ2n) is 10.7. The van der Waals surface area contributed by atoms with Crippen LogP contribution >= 0.6 is 0 Å². The molecule has 3 aromatic rings. The molecule has 3 aromatic carbocycles. The Morgan fingerprint density at radius 2 is 1.65 bits per heavy atom. The highest BCUT2D eigenvalue weighted by Crippen LogP contribution is 2.40. The molecule has 196 valence electrons. The van der Waals surface area contributed by atoms with Gasteiger partial charge in [0.2, 0.25) is 5.91 Å². The van der Waals surface area contributed by atoms with Gasteiger partial charge in [-0.2, -0.15) is 13.2 Å². The van der Waals surface area contributed by atoms with E-state index in [1.165, 1.54) is 6.07 Å². The number of benzene rings is 3. The van der Waals surface area contributed by atoms with E-state index >= 15 is 0 Å². The lowest BCUT2D eigenvalue weighted by Gasteiger charge is -2.27. The van der Waals surface area contributed by atoms with Crippen molar-refractivity contribution >= 4 is 5.91 Å². The summed E-state index contributed by atoms with van der Waals surface area (Å²) in [7, 11) is 0. The first kappa shape index (κ1) is 26.9. The monoisotopic (exact) mass is 511 g/mol. The molecule has 0 spiro atoms. The molecule has 1 saturated heterocycles. The Hall–Kier alpha value is -3.15. The summed E-state index contributed by atoms with van der Waals surface area (Å²) < 4.78 is 55.0. The Labute approximate surface area is 216 Å². The Morgan fingerprint density at radius 1 is 0.946 bits per heavy atom. The maximum absolute atomic E-state index is 14.6. The molecule has 6 heteroatoms. The first-order valence-corrected chi connectivity index (χ1v) is 12.6. The van der Waals surface area contributed by atoms with Gasteiger partial charge in [0.25, 0.3) is 0 Å². The molecule has 2 nitrogen and oxygen atoms in total. The number of hydrogen-bond donors (Lipinski definition) is 0. The number of carbonyl (C=O) groups is 1. The normalized spacial score (nSPS) is 18.2. The zero-order valence-electron chi connectivity index (χ0n) is 22.1. The average Bonchev–Trinajstić information content (AvgIpc) is 3.07. The standard InChI is InChI=1S/C31H33F4NO/c1-17(2)26-14-27(20(5)12-29(26)32)25-8-7-18(3)9-23(25)16-36-21(6)28(15-30(36)37)22-10-19(4)11-24(13-22)31(33,34)35/h7-14,17,21,28H,15-16H2,1-6H3/t21-,28-/m0/s1. The number of alkyl halides is 3. The number of hydrogen-bond acceptors (Lipinski definition) is 1. The molecule has 37 heavy (non-hydrogen) atoms. The van der Waals surface area contributed by atoms with Gasteiger partial charge < -0.3 is 4.90 Å². The molecule has 4 rings (SSSR count). The molecular weight excluding hydrogens is 478 g/mol. The number of halogens is 4. The van der Waals surface area contributed by atoms with Gasteiger partial charge in [-0.15, -0.1) is 0 Å². The summed E-state index contributed by atoms with van der Waals surface area (Å²) in [5.41, 5.74) is 5.65. The molecule has 0 N–H and O–H groups in total. The van der Waals surface area contributed by atoms with E-state index in [0.29, 0.717) is 23.2 Å². The summed E-state index contributed by atoms with van der Waals surface area (Å²) in [6, 6.07) is 13.3. The number of nitrogens with zero attached hydrogens (tertiary/aromatic N) is 1. The third kappa shape index (κ3) is 5.43. The van der Waals surface area contributed by atoms with Gasteiger partial charge in [0.05, 0.1) is 5.56 Å². The second kappa shape index (κ2) is 9.96. The molecule has 0 radical (unpaired) electrons. The van der Waals surface area contributed by atoms with Crippen molar-refractivity contribution in [2.75, 3.05) is 0 Å². The highest BCUT2D eigenvalue weighted by Gasteiger charge is 2.39. The number of likely N-dealkylation sites (tertiary alicyclic amines) is 1. The van der Waals surface area contributed by atoms with Gasteiger partial charge in [-0.25, -0.2) is 4.39 Å². The van der Waals surface area contributed by atoms with Crippen molar-refractivity contribution in [3.8, 4) is 11.1 Å². The van der Waals surface area contributed by atoms with Crippen molar-refractivity contribution in [1.29, 1.82) is 0 Å². The van der Waals surface area contributed by atoms with Crippen LogP contribution in [0.15, 0.2) is 48.5 Å². The third-order valence-corrected chi connectivity index (χ3v) is 7.50. The Bertz CT molecular complexity index is 1340. The molecule has 0 aliphatic carbocycles. The topological polar surface area (TPSA) is 20.3 Å². The van der Waals surface area contributed by atoms with Crippen LogP contribution in [0.25, 0.3) is 11.1 Å². The van der Waals surface area contributed by atoms with Gasteiger partial charge in [-0.05, 0) is 91.3 Å². The fourth-order valence-corrected chi connectivity index (χ4v) is 5.46. The summed E-state index contributed by atoms with van der Waals surface area (Å²) in [5.74, 6) is -0.627. The van der Waals surface area contributed by atoms with Crippen molar-refractivity contribution in [2.24, 2.45) is 0 Å². The van der Waals surface area contributed by atoms with Crippen LogP contribution < -0.4 is 0 Å². The minimum atomic E-state index is -4.44. The molecule has 0 unspecified atom stereocenters. The van der Waals surface area contributed by atoms with Crippen LogP contribution in [0.3, 0.4) is 0 Å². The smallest absolute Gasteiger partial charge is 0.335 e. The fourth-order valence-electron chi connectivity index (χ4n) is 5.46. The molecule has 0 saturated carbocycles. The molecular formula is C31H33F4NO. The predicted molar refractivity (Wildman–Crippen MR) is 139 cm³/mol. The quantitative estimate of drug-likeness (QED) is 0.315. The van der Waals surface area contributed by atoms with E-state index in [9.17, 15) is 22.4 Å². The van der Waals surface area contributed by atoms with Crippen molar-refractivity contribution in [3.63, 3.8) is 0 Å². The Kier molecular flexibility index (Phi) is 7.24. The van der Waals surface area contributed by atoms with Gasteiger partial charge in [-0.3, -0.25) is 4.79 Å². The molecule has 1 aliphatic rings. The van der Waals surface area contributed by atoms with E-state index in [1.807, 2.05) is 58.9 Å². The lowest BCUT2D eigenvalue weighted by molar-refractivity contribution is -0.137. The van der Waals surface area contributed by atoms with E-state index < -0.39 is 11.7 Å². The van der Waals surface area contributed by atoms with Crippen LogP contribution in [-0.2, 0) is 17.5 Å². The summed E-state index contributed by atoms with van der Waals surface area (Å²) >= 11 is 0. The van der Waals surface area contributed by atoms with E-state index in [-0.39, 0.29) is 36.0 Å². The summed E-state index contributed by atoms with van der Waals surface area (Å²) in [4.78, 5) is 14.9. The van der Waals surface area contributed by atoms with E-state index in [2.05, 4.69) is 0 Å². The number of carbonyl (C=O) groups excluding carboxylic acids is 1. The van der Waals surface area contributed by atoms with Crippen LogP contribution in [0.4, 0.5) is 17.6 Å². The largest absolute Gasteiger partial charge is 0.416 e. The summed E-state index contributed by atoms with van der Waals surface area (Å²) in [5, 5.41) is 0. The maximum Gasteiger partial charge on any atom is 0.416 e. The fraction of sp³-hybridized carbons (Fsp3) is 0.387. The SMILES string of the molecule is Cc1cc([C@H]2CC(=O)N(Cc3cc(C)ccc3-c3cc(C(C)C)c(F)cc3C)[C@H]2C)cc(C(F)(F)F)c1. The zero-order valence-corrected chi connectivity index (χ0v) is 22.1. The van der Waals surface area contributed by atoms with Gasteiger partial charge in [0.15, 0.2) is 0 Å². The lowest BCUT2D eigenvalue weighted by atomic mass is 9.89. The lowest BCUT2D eigenvalue weighted by Crippen LogP contribution is -2.32. The number of amides is 1. The number of aryl methyl sites for hydroxylation is 3. The highest BCUT2D eigenvalue weighted by molar-refractivity contribution is 5.81. The van der Waals surface area contributed by atoms with E-state index in [4.69, 9.17) is 0 Å². The van der Waals surface area contributed by atoms with Gasteiger partial charge in [-0.1, -0.05) is 49.2 Å². The van der Waals surface area contributed by atoms with Gasteiger partial charge in [0.1, 0.15) is 5.82 Å². The van der Waals surface area contributed by atoms with Crippen LogP contribution in [-0.4, -0.2) is 16.8 Å². The Balaban J connectivity index is 1.71. The highest BCUT2D eigenvalue weighted by atomic mass is 19.4. The van der Waals surface area contributed by atoms with E-state index in [0.717, 1.165) is 33.9 Å². The minimum Gasteiger partial charge on any atom is -0.335 e. The molecule has 1 aliphatic heterocycles. The van der Waals surface area contributed by atoms with Crippen molar-refractivity contribution in [2.45, 2.75) is 78.6 Å². The van der Waals surface area contributed by atoms with Crippen LogP contribution in [0.2, 0.25) is 0 Å². The predicted octanol–water partition coefficient (Wildman–Crippen LogP) is 8.46. The summed E-state index contributed by atoms with van der Waals surface area (Å²) in [6.45, 7) is 11.6. The summed E-state index contributed by atoms with van der Waals surface area (Å²) in [6.07, 6.45) is -4.28. The van der Waals surface area contributed by atoms with Crippen molar-refractivity contribution < 1.29 is 22.4 Å². The molecule has 1 fully saturated rings. The third-order valence-electron chi connectivity index (χ3n) is 7.50. The first-order valence-electron chi connectivity index (χ1n) is 12.6.